The predicted octanol–water partition coefficient (Wildman–Crippen LogP) is 4.59. The van der Waals surface area contributed by atoms with Crippen LogP contribution in [0.25, 0.3) is 33.7 Å². The Kier molecular flexibility index (Phi) is 4.30. The molecule has 0 saturated heterocycles. The molecule has 0 fully saturated rings. The van der Waals surface area contributed by atoms with Crippen LogP contribution in [0.3, 0.4) is 0 Å². The molecule has 0 amide bonds. The minimum Gasteiger partial charge on any atom is -0.457 e. The van der Waals surface area contributed by atoms with Crippen molar-refractivity contribution in [3.8, 4) is 22.7 Å². The lowest BCUT2D eigenvalue weighted by molar-refractivity contribution is 0.571. The molecule has 3 aromatic heterocycles. The van der Waals surface area contributed by atoms with E-state index in [-0.39, 0.29) is 5.56 Å². The summed E-state index contributed by atoms with van der Waals surface area (Å²) in [6.07, 6.45) is 1.71. The average molecular weight is 420 g/mol. The largest absolute Gasteiger partial charge is 0.457 e. The number of hydrogen-bond donors (Lipinski definition) is 0. The molecular formula is C22H14ClN3O2S. The van der Waals surface area contributed by atoms with E-state index in [0.29, 0.717) is 31.9 Å². The molecule has 0 aliphatic rings. The van der Waals surface area contributed by atoms with Gasteiger partial charge in [0.05, 0.1) is 0 Å². The summed E-state index contributed by atoms with van der Waals surface area (Å²) in [5.41, 5.74) is 2.68. The maximum absolute atomic E-state index is 12.7. The molecule has 5 rings (SSSR count). The minimum absolute atomic E-state index is 0.211. The molecule has 0 N–H and O–H groups in total. The highest BCUT2D eigenvalue weighted by atomic mass is 35.5. The van der Waals surface area contributed by atoms with E-state index in [2.05, 4.69) is 10.1 Å². The standard InChI is InChI=1S/C22H14ClN3O2S/c1-13-4-2-6-15(10-13)20-24-22-26(25-20)21(27)19(29-22)12-17-8-9-18(28-17)14-5-3-7-16(23)11-14/h2-12H,1H3/b19-12-. The van der Waals surface area contributed by atoms with Crippen LogP contribution < -0.4 is 10.1 Å². The van der Waals surface area contributed by atoms with Crippen molar-refractivity contribution >= 4 is 34.0 Å². The van der Waals surface area contributed by atoms with Crippen molar-refractivity contribution in [2.24, 2.45) is 0 Å². The molecule has 5 aromatic rings. The summed E-state index contributed by atoms with van der Waals surface area (Å²) >= 11 is 7.33. The van der Waals surface area contributed by atoms with Crippen LogP contribution in [0.1, 0.15) is 11.3 Å². The van der Waals surface area contributed by atoms with Gasteiger partial charge in [0.15, 0.2) is 5.82 Å². The van der Waals surface area contributed by atoms with E-state index in [1.807, 2.05) is 67.6 Å². The third kappa shape index (κ3) is 3.37. The average Bonchev–Trinajstić information content (AvgIpc) is 3.40. The second-order valence-electron chi connectivity index (χ2n) is 6.63. The van der Waals surface area contributed by atoms with Gasteiger partial charge in [-0.3, -0.25) is 4.79 Å². The third-order valence-corrected chi connectivity index (χ3v) is 5.66. The number of aromatic nitrogens is 3. The van der Waals surface area contributed by atoms with Gasteiger partial charge < -0.3 is 4.42 Å². The number of benzene rings is 2. The van der Waals surface area contributed by atoms with Gasteiger partial charge in [0.2, 0.25) is 4.96 Å². The van der Waals surface area contributed by atoms with Crippen LogP contribution in [0, 0.1) is 6.92 Å². The molecule has 7 heteroatoms. The lowest BCUT2D eigenvalue weighted by Crippen LogP contribution is -2.23. The molecule has 0 saturated carbocycles. The number of furan rings is 1. The van der Waals surface area contributed by atoms with Crippen LogP contribution in [0.2, 0.25) is 5.02 Å². The number of nitrogens with zero attached hydrogens (tertiary/aromatic N) is 3. The molecule has 0 aliphatic carbocycles. The van der Waals surface area contributed by atoms with E-state index in [4.69, 9.17) is 16.0 Å². The zero-order valence-corrected chi connectivity index (χ0v) is 16.9. The molecule has 0 radical (unpaired) electrons. The number of rotatable bonds is 3. The number of fused-ring (bicyclic) bond motifs is 1. The van der Waals surface area contributed by atoms with Gasteiger partial charge in [-0.05, 0) is 37.3 Å². The maximum Gasteiger partial charge on any atom is 0.291 e. The summed E-state index contributed by atoms with van der Waals surface area (Å²) in [5, 5.41) is 5.03. The van der Waals surface area contributed by atoms with Crippen molar-refractivity contribution in [3.05, 3.63) is 91.9 Å². The van der Waals surface area contributed by atoms with Gasteiger partial charge >= 0.3 is 0 Å². The van der Waals surface area contributed by atoms with Crippen LogP contribution in [-0.2, 0) is 0 Å². The van der Waals surface area contributed by atoms with Crippen LogP contribution in [-0.4, -0.2) is 14.6 Å². The fourth-order valence-electron chi connectivity index (χ4n) is 3.10. The highest BCUT2D eigenvalue weighted by Crippen LogP contribution is 2.25. The number of hydrogen-bond acceptors (Lipinski definition) is 5. The molecule has 2 aromatic carbocycles. The number of thiazole rings is 1. The van der Waals surface area contributed by atoms with Gasteiger partial charge in [-0.1, -0.05) is 58.8 Å². The first kappa shape index (κ1) is 17.8. The molecule has 0 spiro atoms. The van der Waals surface area contributed by atoms with Gasteiger partial charge in [-0.2, -0.15) is 9.50 Å². The van der Waals surface area contributed by atoms with Gasteiger partial charge in [-0.15, -0.1) is 5.10 Å². The normalized spacial score (nSPS) is 12.1. The van der Waals surface area contributed by atoms with Crippen molar-refractivity contribution in [3.63, 3.8) is 0 Å². The Hall–Kier alpha value is -3.22. The molecule has 3 heterocycles. The zero-order chi connectivity index (χ0) is 20.0. The highest BCUT2D eigenvalue weighted by molar-refractivity contribution is 7.15. The SMILES string of the molecule is Cc1cccc(-c2nc3s/c(=C\c4ccc(-c5cccc(Cl)c5)o4)c(=O)n3n2)c1. The summed E-state index contributed by atoms with van der Waals surface area (Å²) in [4.78, 5) is 17.8. The number of aryl methyl sites for hydroxylation is 1. The van der Waals surface area contributed by atoms with Gasteiger partial charge in [0.1, 0.15) is 16.1 Å². The van der Waals surface area contributed by atoms with Crippen LogP contribution in [0.4, 0.5) is 0 Å². The first-order valence-electron chi connectivity index (χ1n) is 8.91. The molecule has 0 atom stereocenters. The van der Waals surface area contributed by atoms with Crippen molar-refractivity contribution in [1.82, 2.24) is 14.6 Å². The molecular weight excluding hydrogens is 406 g/mol. The van der Waals surface area contributed by atoms with E-state index < -0.39 is 0 Å². The Morgan fingerprint density at radius 3 is 2.69 bits per heavy atom. The molecule has 5 nitrogen and oxygen atoms in total. The van der Waals surface area contributed by atoms with E-state index >= 15 is 0 Å². The Bertz CT molecular complexity index is 1470. The fraction of sp³-hybridized carbons (Fsp3) is 0.0455. The first-order valence-corrected chi connectivity index (χ1v) is 10.1. The summed E-state index contributed by atoms with van der Waals surface area (Å²) in [7, 11) is 0. The first-order chi connectivity index (χ1) is 14.1. The number of halogens is 1. The monoisotopic (exact) mass is 419 g/mol. The molecule has 0 unspecified atom stereocenters. The summed E-state index contributed by atoms with van der Waals surface area (Å²) in [5.74, 6) is 1.82. The van der Waals surface area contributed by atoms with Crippen molar-refractivity contribution in [2.45, 2.75) is 6.92 Å². The molecule has 0 aliphatic heterocycles. The second-order valence-corrected chi connectivity index (χ2v) is 8.07. The van der Waals surface area contributed by atoms with E-state index in [0.717, 1.165) is 16.7 Å². The van der Waals surface area contributed by atoms with E-state index in [1.54, 1.807) is 6.08 Å². The lowest BCUT2D eigenvalue weighted by Gasteiger charge is -1.96. The summed E-state index contributed by atoms with van der Waals surface area (Å²) in [6.45, 7) is 2.01. The van der Waals surface area contributed by atoms with Crippen LogP contribution in [0.15, 0.2) is 69.9 Å². The predicted molar refractivity (Wildman–Crippen MR) is 115 cm³/mol. The van der Waals surface area contributed by atoms with Gasteiger partial charge in [0, 0.05) is 22.2 Å². The third-order valence-electron chi connectivity index (χ3n) is 4.47. The van der Waals surface area contributed by atoms with E-state index in [1.165, 1.54) is 15.9 Å². The zero-order valence-electron chi connectivity index (χ0n) is 15.3. The van der Waals surface area contributed by atoms with Crippen LogP contribution >= 0.6 is 22.9 Å². The van der Waals surface area contributed by atoms with Crippen molar-refractivity contribution in [2.75, 3.05) is 0 Å². The Labute approximate surface area is 174 Å². The Balaban J connectivity index is 1.53. The Morgan fingerprint density at radius 1 is 1.07 bits per heavy atom. The van der Waals surface area contributed by atoms with Crippen molar-refractivity contribution in [1.29, 1.82) is 0 Å². The molecule has 142 valence electrons. The summed E-state index contributed by atoms with van der Waals surface area (Å²) in [6, 6.07) is 19.0. The van der Waals surface area contributed by atoms with Crippen LogP contribution in [0.5, 0.6) is 0 Å². The highest BCUT2D eigenvalue weighted by Gasteiger charge is 2.12. The topological polar surface area (TPSA) is 60.4 Å². The van der Waals surface area contributed by atoms with Crippen molar-refractivity contribution < 1.29 is 4.42 Å². The van der Waals surface area contributed by atoms with E-state index in [9.17, 15) is 4.79 Å². The smallest absolute Gasteiger partial charge is 0.291 e. The lowest BCUT2D eigenvalue weighted by atomic mass is 10.1. The maximum atomic E-state index is 12.7. The Morgan fingerprint density at radius 2 is 1.90 bits per heavy atom. The van der Waals surface area contributed by atoms with Gasteiger partial charge in [-0.25, -0.2) is 0 Å². The summed E-state index contributed by atoms with van der Waals surface area (Å²) < 4.78 is 7.72. The van der Waals surface area contributed by atoms with Gasteiger partial charge in [0.25, 0.3) is 5.56 Å². The molecule has 0 bridgehead atoms. The minimum atomic E-state index is -0.211. The fourth-order valence-corrected chi connectivity index (χ4v) is 4.17. The second kappa shape index (κ2) is 6.99. The quantitative estimate of drug-likeness (QED) is 0.429. The molecule has 29 heavy (non-hydrogen) atoms.